The molecule has 0 atom stereocenters. The number of hydrogen-bond donors (Lipinski definition) is 2. The molecule has 0 heterocycles. The summed E-state index contributed by atoms with van der Waals surface area (Å²) in [5.74, 6) is 0.610. The summed E-state index contributed by atoms with van der Waals surface area (Å²) in [5, 5.41) is 11.4. The van der Waals surface area contributed by atoms with Crippen molar-refractivity contribution in [1.29, 1.82) is 0 Å². The lowest BCUT2D eigenvalue weighted by Crippen LogP contribution is -2.14. The first-order valence-electron chi connectivity index (χ1n) is 5.57. The number of alkyl halides is 3. The topological polar surface area (TPSA) is 32.3 Å². The van der Waals surface area contributed by atoms with Crippen LogP contribution >= 0.6 is 11.8 Å². The summed E-state index contributed by atoms with van der Waals surface area (Å²) in [6.07, 6.45) is -3.76. The van der Waals surface area contributed by atoms with Crippen LogP contribution in [0.4, 0.5) is 13.2 Å². The van der Waals surface area contributed by atoms with Gasteiger partial charge in [-0.1, -0.05) is 6.07 Å². The van der Waals surface area contributed by atoms with E-state index in [0.717, 1.165) is 0 Å². The van der Waals surface area contributed by atoms with Gasteiger partial charge in [-0.25, -0.2) is 0 Å². The molecule has 18 heavy (non-hydrogen) atoms. The van der Waals surface area contributed by atoms with Crippen molar-refractivity contribution in [2.24, 2.45) is 0 Å². The second kappa shape index (κ2) is 7.01. The normalized spacial score (nSPS) is 11.8. The number of aliphatic hydroxyl groups excluding tert-OH is 1. The van der Waals surface area contributed by atoms with Crippen molar-refractivity contribution < 1.29 is 18.3 Å². The van der Waals surface area contributed by atoms with Gasteiger partial charge in [0.15, 0.2) is 0 Å². The van der Waals surface area contributed by atoms with E-state index in [-0.39, 0.29) is 18.7 Å². The van der Waals surface area contributed by atoms with E-state index in [1.54, 1.807) is 13.1 Å². The van der Waals surface area contributed by atoms with Crippen LogP contribution in [0, 0.1) is 0 Å². The summed E-state index contributed by atoms with van der Waals surface area (Å²) in [4.78, 5) is 0.579. The molecule has 2 N–H and O–H groups in total. The van der Waals surface area contributed by atoms with Crippen molar-refractivity contribution in [2.75, 3.05) is 19.4 Å². The average molecular weight is 279 g/mol. The number of halogens is 3. The summed E-state index contributed by atoms with van der Waals surface area (Å²) >= 11 is 1.32. The Morgan fingerprint density at radius 1 is 1.33 bits per heavy atom. The molecule has 1 aromatic carbocycles. The molecule has 0 aliphatic carbocycles. The third-order valence-corrected chi connectivity index (χ3v) is 3.41. The Balaban J connectivity index is 2.91. The first-order chi connectivity index (χ1) is 8.49. The fourth-order valence-corrected chi connectivity index (χ4v) is 2.38. The van der Waals surface area contributed by atoms with E-state index < -0.39 is 11.7 Å². The number of rotatable bonds is 6. The van der Waals surface area contributed by atoms with E-state index in [4.69, 9.17) is 5.11 Å². The number of hydrogen-bond acceptors (Lipinski definition) is 3. The van der Waals surface area contributed by atoms with E-state index in [0.29, 0.717) is 17.1 Å². The SMILES string of the molecule is CNCc1ccc(SCCCO)cc1C(F)(F)F. The van der Waals surface area contributed by atoms with Crippen LogP contribution in [0.25, 0.3) is 0 Å². The van der Waals surface area contributed by atoms with Crippen molar-refractivity contribution in [1.82, 2.24) is 5.32 Å². The molecule has 1 rings (SSSR count). The molecule has 0 amide bonds. The fraction of sp³-hybridized carbons (Fsp3) is 0.500. The molecule has 0 spiro atoms. The highest BCUT2D eigenvalue weighted by Crippen LogP contribution is 2.34. The molecule has 0 aromatic heterocycles. The molecule has 0 bridgehead atoms. The Bertz CT molecular complexity index is 382. The number of aliphatic hydroxyl groups is 1. The second-order valence-corrected chi connectivity index (χ2v) is 4.94. The van der Waals surface area contributed by atoms with Crippen molar-refractivity contribution >= 4 is 11.8 Å². The molecule has 1 aromatic rings. The zero-order valence-electron chi connectivity index (χ0n) is 10.0. The van der Waals surface area contributed by atoms with Gasteiger partial charge in [-0.2, -0.15) is 13.2 Å². The third-order valence-electron chi connectivity index (χ3n) is 2.33. The van der Waals surface area contributed by atoms with E-state index >= 15 is 0 Å². The van der Waals surface area contributed by atoms with Gasteiger partial charge in [-0.05, 0) is 31.2 Å². The van der Waals surface area contributed by atoms with Crippen molar-refractivity contribution in [3.8, 4) is 0 Å². The molecule has 0 aliphatic heterocycles. The third kappa shape index (κ3) is 4.51. The highest BCUT2D eigenvalue weighted by Gasteiger charge is 2.33. The minimum Gasteiger partial charge on any atom is -0.396 e. The molecule has 2 nitrogen and oxygen atoms in total. The second-order valence-electron chi connectivity index (χ2n) is 3.77. The maximum absolute atomic E-state index is 12.9. The van der Waals surface area contributed by atoms with Gasteiger partial charge < -0.3 is 10.4 Å². The van der Waals surface area contributed by atoms with Gasteiger partial charge in [0.1, 0.15) is 0 Å². The van der Waals surface area contributed by atoms with E-state index in [1.807, 2.05) is 0 Å². The van der Waals surface area contributed by atoms with E-state index in [1.165, 1.54) is 23.9 Å². The zero-order chi connectivity index (χ0) is 13.6. The Morgan fingerprint density at radius 2 is 2.06 bits per heavy atom. The first-order valence-corrected chi connectivity index (χ1v) is 6.56. The van der Waals surface area contributed by atoms with Gasteiger partial charge in [0.05, 0.1) is 5.56 Å². The van der Waals surface area contributed by atoms with Crippen LogP contribution in [0.15, 0.2) is 23.1 Å². The van der Waals surface area contributed by atoms with Gasteiger partial charge in [0.25, 0.3) is 0 Å². The lowest BCUT2D eigenvalue weighted by Gasteiger charge is -2.14. The maximum Gasteiger partial charge on any atom is 0.416 e. The minimum absolute atomic E-state index is 0.0525. The predicted octanol–water partition coefficient (Wildman–Crippen LogP) is 2.90. The smallest absolute Gasteiger partial charge is 0.396 e. The number of thioether (sulfide) groups is 1. The molecule has 6 heteroatoms. The summed E-state index contributed by atoms with van der Waals surface area (Å²) in [6, 6.07) is 4.36. The average Bonchev–Trinajstić information content (AvgIpc) is 2.30. The molecule has 0 fully saturated rings. The molecular formula is C12H16F3NOS. The highest BCUT2D eigenvalue weighted by molar-refractivity contribution is 7.99. The maximum atomic E-state index is 12.9. The van der Waals surface area contributed by atoms with Crippen LogP contribution in [-0.4, -0.2) is 24.5 Å². The van der Waals surface area contributed by atoms with Crippen molar-refractivity contribution in [3.05, 3.63) is 29.3 Å². The number of benzene rings is 1. The minimum atomic E-state index is -4.33. The van der Waals surface area contributed by atoms with Gasteiger partial charge >= 0.3 is 6.18 Å². The molecule has 0 radical (unpaired) electrons. The fourth-order valence-electron chi connectivity index (χ4n) is 1.51. The highest BCUT2D eigenvalue weighted by atomic mass is 32.2. The Labute approximate surface area is 109 Å². The zero-order valence-corrected chi connectivity index (χ0v) is 10.9. The standard InChI is InChI=1S/C12H16F3NOS/c1-16-8-9-3-4-10(18-6-2-5-17)7-11(9)12(13,14)15/h3-4,7,16-17H,2,5-6,8H2,1H3. The molecule has 0 aliphatic rings. The summed E-state index contributed by atoms with van der Waals surface area (Å²) < 4.78 is 38.6. The van der Waals surface area contributed by atoms with E-state index in [9.17, 15) is 13.2 Å². The quantitative estimate of drug-likeness (QED) is 0.620. The monoisotopic (exact) mass is 279 g/mol. The Kier molecular flexibility index (Phi) is 5.98. The van der Waals surface area contributed by atoms with Crippen LogP contribution in [-0.2, 0) is 12.7 Å². The van der Waals surface area contributed by atoms with Crippen molar-refractivity contribution in [3.63, 3.8) is 0 Å². The van der Waals surface area contributed by atoms with Crippen molar-refractivity contribution in [2.45, 2.75) is 24.0 Å². The molecule has 0 saturated carbocycles. The predicted molar refractivity (Wildman–Crippen MR) is 66.6 cm³/mol. The van der Waals surface area contributed by atoms with Gasteiger partial charge in [-0.15, -0.1) is 11.8 Å². The van der Waals surface area contributed by atoms with Crippen LogP contribution in [0.3, 0.4) is 0 Å². The lowest BCUT2D eigenvalue weighted by molar-refractivity contribution is -0.138. The van der Waals surface area contributed by atoms with Crippen LogP contribution in [0.1, 0.15) is 17.5 Å². The van der Waals surface area contributed by atoms with Crippen LogP contribution in [0.5, 0.6) is 0 Å². The first kappa shape index (κ1) is 15.3. The molecule has 0 saturated heterocycles. The summed E-state index contributed by atoms with van der Waals surface area (Å²) in [6.45, 7) is 0.243. The van der Waals surface area contributed by atoms with Gasteiger partial charge in [-0.3, -0.25) is 0 Å². The van der Waals surface area contributed by atoms with Crippen LogP contribution in [0.2, 0.25) is 0 Å². The number of nitrogens with one attached hydrogen (secondary N) is 1. The molecule has 0 unspecified atom stereocenters. The largest absolute Gasteiger partial charge is 0.416 e. The summed E-state index contributed by atoms with van der Waals surface area (Å²) in [5.41, 5.74) is -0.345. The molecule has 102 valence electrons. The van der Waals surface area contributed by atoms with Gasteiger partial charge in [0, 0.05) is 23.8 Å². The van der Waals surface area contributed by atoms with Gasteiger partial charge in [0.2, 0.25) is 0 Å². The van der Waals surface area contributed by atoms with Crippen LogP contribution < -0.4 is 5.32 Å². The lowest BCUT2D eigenvalue weighted by atomic mass is 10.1. The molecular weight excluding hydrogens is 263 g/mol. The van der Waals surface area contributed by atoms with E-state index in [2.05, 4.69) is 5.32 Å². The summed E-state index contributed by atoms with van der Waals surface area (Å²) in [7, 11) is 1.62. The Morgan fingerprint density at radius 3 is 2.61 bits per heavy atom. The Hall–Kier alpha value is -0.720.